The first-order valence-electron chi connectivity index (χ1n) is 6.45. The molecule has 1 saturated heterocycles. The number of rotatable bonds is 5. The number of benzene rings is 1. The van der Waals surface area contributed by atoms with Gasteiger partial charge in [0.25, 0.3) is 0 Å². The monoisotopic (exact) mass is 286 g/mol. The Kier molecular flexibility index (Phi) is 4.54. The molecule has 1 aliphatic rings. The van der Waals surface area contributed by atoms with Crippen LogP contribution < -0.4 is 10.0 Å². The summed E-state index contributed by atoms with van der Waals surface area (Å²) in [4.78, 5) is -0.267. The summed E-state index contributed by atoms with van der Waals surface area (Å²) < 4.78 is 40.1. The van der Waals surface area contributed by atoms with Crippen LogP contribution in [0, 0.1) is 18.7 Å². The van der Waals surface area contributed by atoms with Crippen LogP contribution in [0.25, 0.3) is 0 Å². The van der Waals surface area contributed by atoms with E-state index in [1.165, 1.54) is 12.1 Å². The lowest BCUT2D eigenvalue weighted by Crippen LogP contribution is -2.27. The summed E-state index contributed by atoms with van der Waals surface area (Å²) in [5.74, 6) is -0.203. The average Bonchev–Trinajstić information content (AvgIpc) is 2.85. The molecule has 1 fully saturated rings. The van der Waals surface area contributed by atoms with E-state index in [1.54, 1.807) is 13.0 Å². The first kappa shape index (κ1) is 14.4. The summed E-state index contributed by atoms with van der Waals surface area (Å²) >= 11 is 0. The molecule has 1 unspecified atom stereocenters. The summed E-state index contributed by atoms with van der Waals surface area (Å²) in [7, 11) is -3.75. The number of hydrogen-bond acceptors (Lipinski definition) is 3. The van der Waals surface area contributed by atoms with E-state index in [0.717, 1.165) is 31.5 Å². The Morgan fingerprint density at radius 1 is 1.47 bits per heavy atom. The Balaban J connectivity index is 1.99. The van der Waals surface area contributed by atoms with E-state index in [2.05, 4.69) is 10.0 Å². The van der Waals surface area contributed by atoms with Gasteiger partial charge in [-0.1, -0.05) is 6.07 Å². The molecule has 4 nitrogen and oxygen atoms in total. The van der Waals surface area contributed by atoms with Gasteiger partial charge < -0.3 is 5.32 Å². The third kappa shape index (κ3) is 3.75. The average molecular weight is 286 g/mol. The molecular weight excluding hydrogens is 267 g/mol. The first-order valence-corrected chi connectivity index (χ1v) is 7.94. The quantitative estimate of drug-likeness (QED) is 0.860. The SMILES string of the molecule is Cc1ccc(F)c(S(=O)(=O)NCCC2CCNC2)c1. The molecule has 0 amide bonds. The zero-order chi connectivity index (χ0) is 13.9. The molecule has 1 aromatic rings. The van der Waals surface area contributed by atoms with Crippen LogP contribution in [0.4, 0.5) is 4.39 Å². The molecule has 0 radical (unpaired) electrons. The van der Waals surface area contributed by atoms with Crippen molar-refractivity contribution >= 4 is 10.0 Å². The van der Waals surface area contributed by atoms with Crippen LogP contribution in [0.1, 0.15) is 18.4 Å². The van der Waals surface area contributed by atoms with Crippen molar-refractivity contribution in [3.05, 3.63) is 29.6 Å². The minimum Gasteiger partial charge on any atom is -0.316 e. The van der Waals surface area contributed by atoms with Crippen molar-refractivity contribution in [2.75, 3.05) is 19.6 Å². The van der Waals surface area contributed by atoms with Crippen molar-refractivity contribution in [3.8, 4) is 0 Å². The third-order valence-corrected chi connectivity index (χ3v) is 4.86. The Morgan fingerprint density at radius 2 is 2.26 bits per heavy atom. The van der Waals surface area contributed by atoms with Crippen LogP contribution in [0.2, 0.25) is 0 Å². The number of hydrogen-bond donors (Lipinski definition) is 2. The van der Waals surface area contributed by atoms with Crippen molar-refractivity contribution < 1.29 is 12.8 Å². The standard InChI is InChI=1S/C13H19FN2O2S/c1-10-2-3-12(14)13(8-10)19(17,18)16-7-5-11-4-6-15-9-11/h2-3,8,11,15-16H,4-7,9H2,1H3. The molecule has 19 heavy (non-hydrogen) atoms. The Labute approximate surface area is 113 Å². The Hall–Kier alpha value is -0.980. The maximum Gasteiger partial charge on any atom is 0.243 e. The maximum absolute atomic E-state index is 13.6. The van der Waals surface area contributed by atoms with Gasteiger partial charge in [-0.15, -0.1) is 0 Å². The number of halogens is 1. The minimum absolute atomic E-state index is 0.267. The second-order valence-corrected chi connectivity index (χ2v) is 6.71. The molecule has 0 bridgehead atoms. The summed E-state index contributed by atoms with van der Waals surface area (Å²) in [6.07, 6.45) is 1.85. The summed E-state index contributed by atoms with van der Waals surface area (Å²) in [6.45, 7) is 4.01. The predicted molar refractivity (Wildman–Crippen MR) is 71.9 cm³/mol. The molecule has 1 aliphatic heterocycles. The van der Waals surface area contributed by atoms with Crippen LogP contribution >= 0.6 is 0 Å². The molecule has 6 heteroatoms. The second kappa shape index (κ2) is 5.98. The molecule has 1 heterocycles. The van der Waals surface area contributed by atoms with Crippen molar-refractivity contribution in [3.63, 3.8) is 0 Å². The van der Waals surface area contributed by atoms with E-state index in [0.29, 0.717) is 12.5 Å². The van der Waals surface area contributed by atoms with Crippen LogP contribution in [0.5, 0.6) is 0 Å². The molecule has 106 valence electrons. The van der Waals surface area contributed by atoms with Gasteiger partial charge in [-0.25, -0.2) is 17.5 Å². The molecule has 0 saturated carbocycles. The molecule has 1 aromatic carbocycles. The van der Waals surface area contributed by atoms with Gasteiger partial charge in [0.15, 0.2) is 0 Å². The number of aryl methyl sites for hydroxylation is 1. The number of sulfonamides is 1. The fourth-order valence-corrected chi connectivity index (χ4v) is 3.46. The van der Waals surface area contributed by atoms with Crippen LogP contribution in [0.15, 0.2) is 23.1 Å². The molecule has 0 aromatic heterocycles. The Morgan fingerprint density at radius 3 is 2.95 bits per heavy atom. The molecule has 2 N–H and O–H groups in total. The summed E-state index contributed by atoms with van der Waals surface area (Å²) in [6, 6.07) is 4.10. The maximum atomic E-state index is 13.6. The summed E-state index contributed by atoms with van der Waals surface area (Å²) in [5.41, 5.74) is 0.724. The first-order chi connectivity index (χ1) is 8.99. The lowest BCUT2D eigenvalue weighted by Gasteiger charge is -2.11. The highest BCUT2D eigenvalue weighted by Crippen LogP contribution is 2.16. The predicted octanol–water partition coefficient (Wildman–Crippen LogP) is 1.41. The van der Waals surface area contributed by atoms with Gasteiger partial charge in [0.05, 0.1) is 0 Å². The van der Waals surface area contributed by atoms with Gasteiger partial charge >= 0.3 is 0 Å². The van der Waals surface area contributed by atoms with Crippen molar-refractivity contribution in [1.29, 1.82) is 0 Å². The zero-order valence-electron chi connectivity index (χ0n) is 10.9. The van der Waals surface area contributed by atoms with Crippen molar-refractivity contribution in [1.82, 2.24) is 10.0 Å². The van der Waals surface area contributed by atoms with E-state index in [1.807, 2.05) is 0 Å². The highest BCUT2D eigenvalue weighted by Gasteiger charge is 2.20. The normalized spacial score (nSPS) is 19.8. The molecular formula is C13H19FN2O2S. The smallest absolute Gasteiger partial charge is 0.243 e. The molecule has 0 aliphatic carbocycles. The topological polar surface area (TPSA) is 58.2 Å². The lowest BCUT2D eigenvalue weighted by atomic mass is 10.1. The van der Waals surface area contributed by atoms with Gasteiger partial charge in [0.2, 0.25) is 10.0 Å². The lowest BCUT2D eigenvalue weighted by molar-refractivity contribution is 0.515. The number of nitrogens with one attached hydrogen (secondary N) is 2. The molecule has 0 spiro atoms. The highest BCUT2D eigenvalue weighted by molar-refractivity contribution is 7.89. The van der Waals surface area contributed by atoms with Gasteiger partial charge in [0.1, 0.15) is 10.7 Å². The highest BCUT2D eigenvalue weighted by atomic mass is 32.2. The summed E-state index contributed by atoms with van der Waals surface area (Å²) in [5, 5.41) is 3.23. The zero-order valence-corrected chi connectivity index (χ0v) is 11.8. The fourth-order valence-electron chi connectivity index (χ4n) is 2.25. The van der Waals surface area contributed by atoms with E-state index in [9.17, 15) is 12.8 Å². The van der Waals surface area contributed by atoms with Crippen LogP contribution in [-0.2, 0) is 10.0 Å². The fraction of sp³-hybridized carbons (Fsp3) is 0.538. The Bertz CT molecular complexity index is 540. The van der Waals surface area contributed by atoms with E-state index < -0.39 is 15.8 Å². The molecule has 2 rings (SSSR count). The van der Waals surface area contributed by atoms with Gasteiger partial charge in [-0.05, 0) is 56.5 Å². The van der Waals surface area contributed by atoms with Gasteiger partial charge in [-0.2, -0.15) is 0 Å². The van der Waals surface area contributed by atoms with Crippen molar-refractivity contribution in [2.45, 2.75) is 24.7 Å². The molecule has 1 atom stereocenters. The minimum atomic E-state index is -3.75. The van der Waals surface area contributed by atoms with Crippen LogP contribution in [0.3, 0.4) is 0 Å². The van der Waals surface area contributed by atoms with E-state index >= 15 is 0 Å². The second-order valence-electron chi connectivity index (χ2n) is 4.98. The largest absolute Gasteiger partial charge is 0.316 e. The van der Waals surface area contributed by atoms with Crippen LogP contribution in [-0.4, -0.2) is 28.1 Å². The van der Waals surface area contributed by atoms with E-state index in [4.69, 9.17) is 0 Å². The third-order valence-electron chi connectivity index (χ3n) is 3.38. The van der Waals surface area contributed by atoms with Gasteiger partial charge in [-0.3, -0.25) is 0 Å². The van der Waals surface area contributed by atoms with Gasteiger partial charge in [0, 0.05) is 6.54 Å². The van der Waals surface area contributed by atoms with E-state index in [-0.39, 0.29) is 4.90 Å². The van der Waals surface area contributed by atoms with Crippen molar-refractivity contribution in [2.24, 2.45) is 5.92 Å².